The Morgan fingerprint density at radius 3 is 2.70 bits per heavy atom. The number of amides is 1. The van der Waals surface area contributed by atoms with Crippen LogP contribution in [0.2, 0.25) is 0 Å². The first kappa shape index (κ1) is 15.2. The molecule has 0 aliphatic carbocycles. The Hall–Kier alpha value is -1.22. The van der Waals surface area contributed by atoms with Crippen LogP contribution in [0.5, 0.6) is 0 Å². The van der Waals surface area contributed by atoms with Crippen LogP contribution in [0, 0.1) is 0 Å². The van der Waals surface area contributed by atoms with Gasteiger partial charge in [0.05, 0.1) is 11.6 Å². The molecule has 2 heterocycles. The molecule has 1 fully saturated rings. The summed E-state index contributed by atoms with van der Waals surface area (Å²) in [5.41, 5.74) is -0.933. The van der Waals surface area contributed by atoms with Gasteiger partial charge in [-0.3, -0.25) is 4.79 Å². The number of anilines is 1. The van der Waals surface area contributed by atoms with Crippen LogP contribution in [-0.2, 0) is 11.0 Å². The van der Waals surface area contributed by atoms with E-state index in [1.165, 1.54) is 0 Å². The van der Waals surface area contributed by atoms with E-state index >= 15 is 0 Å². The van der Waals surface area contributed by atoms with Crippen LogP contribution in [0.4, 0.5) is 23.4 Å². The van der Waals surface area contributed by atoms with E-state index in [0.29, 0.717) is 0 Å². The lowest BCUT2D eigenvalue weighted by Gasteiger charge is -2.12. The zero-order valence-electron chi connectivity index (χ0n) is 9.97. The Bertz CT molecular complexity index is 523. The molecule has 110 valence electrons. The third-order valence-corrected chi connectivity index (χ3v) is 3.17. The van der Waals surface area contributed by atoms with Crippen molar-refractivity contribution in [3.05, 3.63) is 22.3 Å². The second-order valence-corrected chi connectivity index (χ2v) is 5.16. The van der Waals surface area contributed by atoms with Gasteiger partial charge in [-0.2, -0.15) is 13.2 Å². The highest BCUT2D eigenvalue weighted by atomic mass is 79.9. The molecule has 1 amide bonds. The Labute approximate surface area is 120 Å². The van der Waals surface area contributed by atoms with Crippen LogP contribution in [0.15, 0.2) is 16.7 Å². The number of carbonyl (C=O) groups is 1. The number of nitrogens with zero attached hydrogens (tertiary/aromatic N) is 1. The molecule has 2 rings (SSSR count). The first-order chi connectivity index (χ1) is 9.25. The van der Waals surface area contributed by atoms with Crippen molar-refractivity contribution < 1.29 is 22.4 Å². The summed E-state index contributed by atoms with van der Waals surface area (Å²) >= 11 is 2.85. The van der Waals surface area contributed by atoms with Crippen LogP contribution < -0.4 is 10.6 Å². The maximum Gasteiger partial charge on any atom is 0.416 e. The predicted molar refractivity (Wildman–Crippen MR) is 66.9 cm³/mol. The first-order valence-corrected chi connectivity index (χ1v) is 6.48. The lowest BCUT2D eigenvalue weighted by molar-refractivity contribution is -0.137. The number of halogens is 5. The van der Waals surface area contributed by atoms with Crippen molar-refractivity contribution in [2.24, 2.45) is 0 Å². The van der Waals surface area contributed by atoms with Gasteiger partial charge in [0, 0.05) is 13.0 Å². The van der Waals surface area contributed by atoms with Crippen molar-refractivity contribution in [3.8, 4) is 0 Å². The number of nitrogens with one attached hydrogen (secondary N) is 2. The van der Waals surface area contributed by atoms with Crippen molar-refractivity contribution >= 4 is 27.7 Å². The fourth-order valence-corrected chi connectivity index (χ4v) is 2.27. The standard InChI is InChI=1S/C11H10BrF4N3O/c12-8-1-5(11(14,15)16)2-9(18-8)19-10(20)7-3-6(13)4-17-7/h1-2,6-7,17H,3-4H2,(H,18,19,20). The van der Waals surface area contributed by atoms with Crippen molar-refractivity contribution in [2.75, 3.05) is 11.9 Å². The molecule has 1 aliphatic rings. The highest BCUT2D eigenvalue weighted by Gasteiger charge is 2.33. The second-order valence-electron chi connectivity index (χ2n) is 4.34. The molecule has 0 aromatic carbocycles. The third kappa shape index (κ3) is 3.66. The molecule has 1 saturated heterocycles. The van der Waals surface area contributed by atoms with Crippen LogP contribution >= 0.6 is 15.9 Å². The zero-order chi connectivity index (χ0) is 14.9. The van der Waals surface area contributed by atoms with Crippen molar-refractivity contribution in [1.29, 1.82) is 0 Å². The Balaban J connectivity index is 2.13. The number of hydrogen-bond donors (Lipinski definition) is 2. The van der Waals surface area contributed by atoms with E-state index in [9.17, 15) is 22.4 Å². The maximum atomic E-state index is 12.9. The summed E-state index contributed by atoms with van der Waals surface area (Å²) in [6.45, 7) is 0.0534. The van der Waals surface area contributed by atoms with Crippen LogP contribution in [0.3, 0.4) is 0 Å². The number of rotatable bonds is 2. The molecule has 2 unspecified atom stereocenters. The number of hydrogen-bond acceptors (Lipinski definition) is 3. The number of alkyl halides is 4. The highest BCUT2D eigenvalue weighted by Crippen LogP contribution is 2.32. The maximum absolute atomic E-state index is 12.9. The molecule has 1 aliphatic heterocycles. The van der Waals surface area contributed by atoms with E-state index in [1.807, 2.05) is 0 Å². The lowest BCUT2D eigenvalue weighted by atomic mass is 10.2. The summed E-state index contributed by atoms with van der Waals surface area (Å²) in [5.74, 6) is -0.843. The van der Waals surface area contributed by atoms with Gasteiger partial charge in [0.1, 0.15) is 16.6 Å². The van der Waals surface area contributed by atoms with E-state index in [0.717, 1.165) is 12.1 Å². The van der Waals surface area contributed by atoms with Crippen LogP contribution in [-0.4, -0.2) is 29.6 Å². The summed E-state index contributed by atoms with van der Waals surface area (Å²) in [6.07, 6.45) is -5.68. The Kier molecular flexibility index (Phi) is 4.28. The van der Waals surface area contributed by atoms with E-state index < -0.39 is 29.9 Å². The number of carbonyl (C=O) groups excluding carboxylic acids is 1. The van der Waals surface area contributed by atoms with Gasteiger partial charge in [0.15, 0.2) is 0 Å². The molecule has 0 radical (unpaired) electrons. The predicted octanol–water partition coefficient (Wildman–Crippen LogP) is 2.50. The van der Waals surface area contributed by atoms with Crippen molar-refractivity contribution in [2.45, 2.75) is 24.8 Å². The summed E-state index contributed by atoms with van der Waals surface area (Å²) in [6, 6.07) is 0.770. The van der Waals surface area contributed by atoms with Crippen LogP contribution in [0.25, 0.3) is 0 Å². The first-order valence-electron chi connectivity index (χ1n) is 5.69. The minimum absolute atomic E-state index is 0.00797. The summed E-state index contributed by atoms with van der Waals surface area (Å²) in [7, 11) is 0. The smallest absolute Gasteiger partial charge is 0.309 e. The molecular weight excluding hydrogens is 346 g/mol. The average Bonchev–Trinajstić information content (AvgIpc) is 2.74. The fourth-order valence-electron chi connectivity index (χ4n) is 1.83. The molecular formula is C11H10BrF4N3O. The summed E-state index contributed by atoms with van der Waals surface area (Å²) < 4.78 is 50.7. The molecule has 0 saturated carbocycles. The van der Waals surface area contributed by atoms with Gasteiger partial charge < -0.3 is 10.6 Å². The molecule has 20 heavy (non-hydrogen) atoms. The van der Waals surface area contributed by atoms with Gasteiger partial charge >= 0.3 is 6.18 Å². The zero-order valence-corrected chi connectivity index (χ0v) is 11.6. The number of aromatic nitrogens is 1. The SMILES string of the molecule is O=C(Nc1cc(C(F)(F)F)cc(Br)n1)C1CC(F)CN1. The average molecular weight is 356 g/mol. The van der Waals surface area contributed by atoms with E-state index in [2.05, 4.69) is 31.5 Å². The number of pyridine rings is 1. The minimum atomic E-state index is -4.54. The van der Waals surface area contributed by atoms with Crippen molar-refractivity contribution in [1.82, 2.24) is 10.3 Å². The quantitative estimate of drug-likeness (QED) is 0.633. The summed E-state index contributed by atoms with van der Waals surface area (Å²) in [5, 5.41) is 4.89. The lowest BCUT2D eigenvalue weighted by Crippen LogP contribution is -2.35. The molecule has 0 spiro atoms. The summed E-state index contributed by atoms with van der Waals surface area (Å²) in [4.78, 5) is 15.5. The van der Waals surface area contributed by atoms with E-state index in [-0.39, 0.29) is 23.4 Å². The monoisotopic (exact) mass is 355 g/mol. The van der Waals surface area contributed by atoms with E-state index in [1.54, 1.807) is 0 Å². The van der Waals surface area contributed by atoms with Gasteiger partial charge in [0.2, 0.25) is 5.91 Å². The molecule has 9 heteroatoms. The van der Waals surface area contributed by atoms with Gasteiger partial charge in [-0.15, -0.1) is 0 Å². The second kappa shape index (κ2) is 5.65. The largest absolute Gasteiger partial charge is 0.416 e. The third-order valence-electron chi connectivity index (χ3n) is 2.77. The molecule has 2 N–H and O–H groups in total. The Morgan fingerprint density at radius 1 is 1.45 bits per heavy atom. The molecule has 1 aromatic rings. The highest BCUT2D eigenvalue weighted by molar-refractivity contribution is 9.10. The van der Waals surface area contributed by atoms with Crippen molar-refractivity contribution in [3.63, 3.8) is 0 Å². The molecule has 4 nitrogen and oxygen atoms in total. The van der Waals surface area contributed by atoms with Gasteiger partial charge in [-0.05, 0) is 28.1 Å². The topological polar surface area (TPSA) is 54.0 Å². The minimum Gasteiger partial charge on any atom is -0.309 e. The van der Waals surface area contributed by atoms with E-state index in [4.69, 9.17) is 0 Å². The molecule has 2 atom stereocenters. The van der Waals surface area contributed by atoms with Gasteiger partial charge in [-0.1, -0.05) is 0 Å². The van der Waals surface area contributed by atoms with Gasteiger partial charge in [-0.25, -0.2) is 9.37 Å². The fraction of sp³-hybridized carbons (Fsp3) is 0.455. The van der Waals surface area contributed by atoms with Gasteiger partial charge in [0.25, 0.3) is 0 Å². The molecule has 0 bridgehead atoms. The normalized spacial score (nSPS) is 22.9. The Morgan fingerprint density at radius 2 is 2.15 bits per heavy atom. The molecule has 1 aromatic heterocycles. The van der Waals surface area contributed by atoms with Crippen LogP contribution in [0.1, 0.15) is 12.0 Å².